The molecule has 17 heavy (non-hydrogen) atoms. The second-order valence-corrected chi connectivity index (χ2v) is 4.33. The summed E-state index contributed by atoms with van der Waals surface area (Å²) >= 11 is 0. The summed E-state index contributed by atoms with van der Waals surface area (Å²) in [5.41, 5.74) is 0. The van der Waals surface area contributed by atoms with Crippen LogP contribution in [0.5, 0.6) is 0 Å². The van der Waals surface area contributed by atoms with Gasteiger partial charge in [-0.1, -0.05) is 6.07 Å². The van der Waals surface area contributed by atoms with Gasteiger partial charge in [-0.2, -0.15) is 0 Å². The van der Waals surface area contributed by atoms with Gasteiger partial charge in [-0.25, -0.2) is 4.98 Å². The first-order chi connectivity index (χ1) is 8.08. The van der Waals surface area contributed by atoms with Crippen LogP contribution in [0.4, 0.5) is 5.82 Å². The van der Waals surface area contributed by atoms with Crippen molar-refractivity contribution in [3.05, 3.63) is 24.4 Å². The minimum absolute atomic E-state index is 0.0784. The lowest BCUT2D eigenvalue weighted by molar-refractivity contribution is 0.0136. The van der Waals surface area contributed by atoms with Crippen LogP contribution in [0.3, 0.4) is 0 Å². The molecule has 1 heterocycles. The van der Waals surface area contributed by atoms with Crippen molar-refractivity contribution in [2.45, 2.75) is 6.29 Å². The molecular weight excluding hydrogens is 270 g/mol. The smallest absolute Gasteiger partial charge is 0.318 e. The monoisotopic (exact) mass is 282 g/mol. The van der Waals surface area contributed by atoms with Crippen LogP contribution in [-0.4, -0.2) is 27.6 Å². The topological polar surface area (TPSA) is 118 Å². The van der Waals surface area contributed by atoms with Gasteiger partial charge in [0, 0.05) is 6.20 Å². The molecule has 10 heteroatoms. The van der Waals surface area contributed by atoms with Crippen molar-refractivity contribution in [1.29, 1.82) is 0 Å². The first-order valence-corrected chi connectivity index (χ1v) is 7.04. The second-order valence-electron chi connectivity index (χ2n) is 2.79. The van der Waals surface area contributed by atoms with Gasteiger partial charge in [0.25, 0.3) is 0 Å². The number of anilines is 1. The molecule has 0 aliphatic carbocycles. The SMILES string of the molecule is O=[PH](O)OC(CNc1ccccn1)O[PH](=O)O. The molecule has 0 aliphatic heterocycles. The third-order valence-electron chi connectivity index (χ3n) is 1.58. The van der Waals surface area contributed by atoms with Crippen molar-refractivity contribution in [1.82, 2.24) is 4.98 Å². The van der Waals surface area contributed by atoms with Crippen LogP contribution in [0.15, 0.2) is 24.4 Å². The Balaban J connectivity index is 2.48. The summed E-state index contributed by atoms with van der Waals surface area (Å²) in [6, 6.07) is 5.10. The molecule has 2 atom stereocenters. The van der Waals surface area contributed by atoms with Crippen LogP contribution < -0.4 is 5.32 Å². The minimum atomic E-state index is -3.25. The maximum Gasteiger partial charge on any atom is 0.318 e. The van der Waals surface area contributed by atoms with Gasteiger partial charge in [0.05, 0.1) is 6.54 Å². The van der Waals surface area contributed by atoms with Gasteiger partial charge >= 0.3 is 16.5 Å². The van der Waals surface area contributed by atoms with E-state index in [2.05, 4.69) is 19.3 Å². The van der Waals surface area contributed by atoms with Crippen molar-refractivity contribution in [2.75, 3.05) is 11.9 Å². The molecule has 1 aromatic heterocycles. The molecule has 0 radical (unpaired) electrons. The van der Waals surface area contributed by atoms with Crippen molar-refractivity contribution < 1.29 is 28.0 Å². The van der Waals surface area contributed by atoms with Gasteiger partial charge in [0.15, 0.2) is 6.29 Å². The van der Waals surface area contributed by atoms with Crippen molar-refractivity contribution in [3.8, 4) is 0 Å². The van der Waals surface area contributed by atoms with E-state index in [0.29, 0.717) is 5.82 Å². The molecule has 1 aromatic rings. The van der Waals surface area contributed by atoms with Gasteiger partial charge in [-0.3, -0.25) is 18.2 Å². The molecule has 0 fully saturated rings. The van der Waals surface area contributed by atoms with Crippen LogP contribution in [0.1, 0.15) is 0 Å². The molecular formula is C7H12N2O6P2. The zero-order valence-electron chi connectivity index (χ0n) is 8.57. The lowest BCUT2D eigenvalue weighted by Gasteiger charge is -2.15. The highest BCUT2D eigenvalue weighted by molar-refractivity contribution is 7.32. The van der Waals surface area contributed by atoms with E-state index in [1.807, 2.05) is 0 Å². The fourth-order valence-corrected chi connectivity index (χ4v) is 1.80. The van der Waals surface area contributed by atoms with Gasteiger partial charge in [0.2, 0.25) is 0 Å². The van der Waals surface area contributed by atoms with E-state index < -0.39 is 22.8 Å². The highest BCUT2D eigenvalue weighted by atomic mass is 31.1. The normalized spacial score (nSPS) is 16.1. The number of aromatic nitrogens is 1. The maximum atomic E-state index is 10.5. The fourth-order valence-electron chi connectivity index (χ4n) is 0.988. The molecule has 2 unspecified atom stereocenters. The van der Waals surface area contributed by atoms with Crippen molar-refractivity contribution in [3.63, 3.8) is 0 Å². The molecule has 8 nitrogen and oxygen atoms in total. The third-order valence-corrected chi connectivity index (χ3v) is 2.51. The predicted molar refractivity (Wildman–Crippen MR) is 61.1 cm³/mol. The van der Waals surface area contributed by atoms with Crippen LogP contribution in [0, 0.1) is 0 Å². The second kappa shape index (κ2) is 7.55. The van der Waals surface area contributed by atoms with E-state index in [0.717, 1.165) is 0 Å². The Morgan fingerprint density at radius 2 is 1.94 bits per heavy atom. The Hall–Kier alpha value is -0.750. The van der Waals surface area contributed by atoms with E-state index in [9.17, 15) is 9.13 Å². The summed E-state index contributed by atoms with van der Waals surface area (Å²) in [5.74, 6) is 0.486. The van der Waals surface area contributed by atoms with Crippen LogP contribution in [0.2, 0.25) is 0 Å². The number of hydrogen-bond donors (Lipinski definition) is 3. The quantitative estimate of drug-likeness (QED) is 0.492. The van der Waals surface area contributed by atoms with Gasteiger partial charge < -0.3 is 15.1 Å². The lowest BCUT2D eigenvalue weighted by atomic mass is 10.4. The number of rotatable bonds is 7. The molecule has 0 amide bonds. The molecule has 0 saturated heterocycles. The number of hydrogen-bond acceptors (Lipinski definition) is 6. The van der Waals surface area contributed by atoms with Crippen LogP contribution >= 0.6 is 16.5 Å². The van der Waals surface area contributed by atoms with E-state index in [-0.39, 0.29) is 6.54 Å². The summed E-state index contributed by atoms with van der Waals surface area (Å²) < 4.78 is 29.8. The summed E-state index contributed by atoms with van der Waals surface area (Å²) in [6.45, 7) is -0.0784. The first kappa shape index (κ1) is 14.3. The average molecular weight is 282 g/mol. The van der Waals surface area contributed by atoms with Crippen molar-refractivity contribution in [2.24, 2.45) is 0 Å². The van der Waals surface area contributed by atoms with Gasteiger partial charge in [-0.15, -0.1) is 0 Å². The fraction of sp³-hybridized carbons (Fsp3) is 0.286. The number of nitrogens with one attached hydrogen (secondary N) is 1. The largest absolute Gasteiger partial charge is 0.365 e. The molecule has 0 bridgehead atoms. The molecule has 1 rings (SSSR count). The van der Waals surface area contributed by atoms with Gasteiger partial charge in [-0.05, 0) is 12.1 Å². The molecule has 3 N–H and O–H groups in total. The predicted octanol–water partition coefficient (Wildman–Crippen LogP) is 0.617. The van der Waals surface area contributed by atoms with Crippen molar-refractivity contribution >= 4 is 22.3 Å². The zero-order chi connectivity index (χ0) is 12.7. The standard InChI is InChI=1S/C7H12N2O6P2/c10-16(11)14-7(15-17(12)13)5-9-6-3-1-2-4-8-6/h1-4,7,16-17H,5H2,(H,8,9)(H,10,11)(H,12,13). The molecule has 96 valence electrons. The number of pyridine rings is 1. The zero-order valence-corrected chi connectivity index (χ0v) is 10.6. The average Bonchev–Trinajstić information content (AvgIpc) is 2.26. The number of nitrogens with zero attached hydrogens (tertiary/aromatic N) is 1. The third kappa shape index (κ3) is 6.53. The Morgan fingerprint density at radius 1 is 1.29 bits per heavy atom. The van der Waals surface area contributed by atoms with Gasteiger partial charge in [0.1, 0.15) is 5.82 Å². The summed E-state index contributed by atoms with van der Waals surface area (Å²) in [7, 11) is -6.50. The summed E-state index contributed by atoms with van der Waals surface area (Å²) in [5, 5.41) is 2.73. The lowest BCUT2D eigenvalue weighted by Crippen LogP contribution is -2.22. The van der Waals surface area contributed by atoms with E-state index in [1.54, 1.807) is 24.4 Å². The summed E-state index contributed by atoms with van der Waals surface area (Å²) in [6.07, 6.45) is 0.257. The van der Waals surface area contributed by atoms with E-state index in [4.69, 9.17) is 9.79 Å². The Bertz CT molecular complexity index is 373. The summed E-state index contributed by atoms with van der Waals surface area (Å²) in [4.78, 5) is 21.0. The molecule has 0 aliphatic rings. The molecule has 0 saturated carbocycles. The van der Waals surface area contributed by atoms with E-state index >= 15 is 0 Å². The van der Waals surface area contributed by atoms with Crippen LogP contribution in [-0.2, 0) is 18.2 Å². The highest BCUT2D eigenvalue weighted by Gasteiger charge is 2.14. The Labute approximate surface area is 98.5 Å². The molecule has 0 aromatic carbocycles. The minimum Gasteiger partial charge on any atom is -0.365 e. The molecule has 0 spiro atoms. The van der Waals surface area contributed by atoms with E-state index in [1.165, 1.54) is 0 Å². The maximum absolute atomic E-state index is 10.5. The van der Waals surface area contributed by atoms with Crippen LogP contribution in [0.25, 0.3) is 0 Å². The Kier molecular flexibility index (Phi) is 6.36. The Morgan fingerprint density at radius 3 is 2.41 bits per heavy atom. The first-order valence-electron chi connectivity index (χ1n) is 4.52. The highest BCUT2D eigenvalue weighted by Crippen LogP contribution is 2.26.